The Kier molecular flexibility index (Phi) is 12.6. The van der Waals surface area contributed by atoms with E-state index in [9.17, 15) is 24.3 Å². The predicted octanol–water partition coefficient (Wildman–Crippen LogP) is -0.103. The number of nitrogens with zero attached hydrogens (tertiary/aromatic N) is 1. The fraction of sp³-hybridized carbons (Fsp3) is 0.810. The van der Waals surface area contributed by atoms with Crippen molar-refractivity contribution < 1.29 is 24.3 Å². The summed E-state index contributed by atoms with van der Waals surface area (Å²) >= 11 is 1.49. The number of hydrogen-bond donors (Lipinski definition) is 5. The van der Waals surface area contributed by atoms with Gasteiger partial charge in [0.15, 0.2) is 0 Å². The van der Waals surface area contributed by atoms with Gasteiger partial charge in [0.2, 0.25) is 17.7 Å². The lowest BCUT2D eigenvalue weighted by molar-refractivity contribution is -0.143. The molecule has 1 aliphatic rings. The third-order valence-electron chi connectivity index (χ3n) is 5.65. The van der Waals surface area contributed by atoms with Crippen molar-refractivity contribution in [2.24, 2.45) is 17.4 Å². The molecule has 7 N–H and O–H groups in total. The highest BCUT2D eigenvalue weighted by molar-refractivity contribution is 7.98. The molecule has 184 valence electrons. The van der Waals surface area contributed by atoms with Gasteiger partial charge in [-0.05, 0) is 63.0 Å². The smallest absolute Gasteiger partial charge is 0.326 e. The van der Waals surface area contributed by atoms with Gasteiger partial charge in [0.1, 0.15) is 18.1 Å². The highest BCUT2D eigenvalue weighted by Gasteiger charge is 2.38. The second kappa shape index (κ2) is 14.3. The third kappa shape index (κ3) is 8.59. The molecule has 0 aliphatic carbocycles. The number of carbonyl (C=O) groups is 4. The molecule has 0 bridgehead atoms. The largest absolute Gasteiger partial charge is 0.480 e. The van der Waals surface area contributed by atoms with E-state index in [0.29, 0.717) is 50.9 Å². The van der Waals surface area contributed by atoms with Gasteiger partial charge in [0.25, 0.3) is 0 Å². The molecule has 1 fully saturated rings. The van der Waals surface area contributed by atoms with Crippen LogP contribution in [-0.2, 0) is 19.2 Å². The van der Waals surface area contributed by atoms with E-state index in [2.05, 4.69) is 10.6 Å². The molecule has 32 heavy (non-hydrogen) atoms. The summed E-state index contributed by atoms with van der Waals surface area (Å²) in [6.07, 6.45) is 4.91. The number of aliphatic carboxylic acids is 1. The molecule has 0 aromatic carbocycles. The predicted molar refractivity (Wildman–Crippen MR) is 125 cm³/mol. The fourth-order valence-corrected chi connectivity index (χ4v) is 4.05. The van der Waals surface area contributed by atoms with Crippen molar-refractivity contribution >= 4 is 35.5 Å². The van der Waals surface area contributed by atoms with Gasteiger partial charge in [-0.1, -0.05) is 13.8 Å². The average molecular weight is 474 g/mol. The Balaban J connectivity index is 2.89. The average Bonchev–Trinajstić information content (AvgIpc) is 3.24. The van der Waals surface area contributed by atoms with Gasteiger partial charge in [-0.2, -0.15) is 11.8 Å². The molecular weight excluding hydrogens is 434 g/mol. The number of rotatable bonds is 14. The molecule has 0 aromatic heterocycles. The minimum absolute atomic E-state index is 0.0594. The molecule has 4 unspecified atom stereocenters. The number of nitrogens with one attached hydrogen (secondary N) is 2. The summed E-state index contributed by atoms with van der Waals surface area (Å²) < 4.78 is 0. The first-order chi connectivity index (χ1) is 15.1. The molecule has 3 amide bonds. The molecular formula is C21H39N5O5S. The summed E-state index contributed by atoms with van der Waals surface area (Å²) in [5.74, 6) is -1.83. The monoisotopic (exact) mass is 473 g/mol. The molecule has 1 rings (SSSR count). The molecule has 10 nitrogen and oxygen atoms in total. The van der Waals surface area contributed by atoms with Crippen LogP contribution >= 0.6 is 11.8 Å². The summed E-state index contributed by atoms with van der Waals surface area (Å²) in [7, 11) is 0. The van der Waals surface area contributed by atoms with Crippen LogP contribution in [0.5, 0.6) is 0 Å². The summed E-state index contributed by atoms with van der Waals surface area (Å²) in [4.78, 5) is 51.6. The minimum Gasteiger partial charge on any atom is -0.480 e. The lowest BCUT2D eigenvalue weighted by atomic mass is 10.0. The van der Waals surface area contributed by atoms with Crippen molar-refractivity contribution in [3.05, 3.63) is 0 Å². The molecule has 0 spiro atoms. The topological polar surface area (TPSA) is 168 Å². The van der Waals surface area contributed by atoms with Gasteiger partial charge in [0.05, 0.1) is 6.04 Å². The highest BCUT2D eigenvalue weighted by atomic mass is 32.2. The van der Waals surface area contributed by atoms with Gasteiger partial charge in [-0.25, -0.2) is 4.79 Å². The van der Waals surface area contributed by atoms with Crippen LogP contribution in [0, 0.1) is 5.92 Å². The number of likely N-dealkylation sites (tertiary alicyclic amines) is 1. The number of carbonyl (C=O) groups excluding carboxylic acids is 3. The summed E-state index contributed by atoms with van der Waals surface area (Å²) in [6, 6.07) is -3.32. The summed E-state index contributed by atoms with van der Waals surface area (Å²) in [5, 5.41) is 14.7. The minimum atomic E-state index is -1.12. The van der Waals surface area contributed by atoms with Crippen molar-refractivity contribution in [1.82, 2.24) is 15.5 Å². The number of unbranched alkanes of at least 4 members (excludes halogenated alkanes) is 1. The zero-order chi connectivity index (χ0) is 24.3. The van der Waals surface area contributed by atoms with E-state index >= 15 is 0 Å². The van der Waals surface area contributed by atoms with E-state index in [-0.39, 0.29) is 18.2 Å². The molecule has 0 aromatic rings. The first-order valence-electron chi connectivity index (χ1n) is 11.2. The molecule has 1 heterocycles. The third-order valence-corrected chi connectivity index (χ3v) is 6.29. The van der Waals surface area contributed by atoms with E-state index in [1.54, 1.807) is 0 Å². The maximum Gasteiger partial charge on any atom is 0.326 e. The van der Waals surface area contributed by atoms with Gasteiger partial charge >= 0.3 is 5.97 Å². The second-order valence-electron chi connectivity index (χ2n) is 8.49. The molecule has 1 saturated heterocycles. The Morgan fingerprint density at radius 2 is 1.81 bits per heavy atom. The van der Waals surface area contributed by atoms with Crippen LogP contribution in [0.2, 0.25) is 0 Å². The Labute approximate surface area is 194 Å². The lowest BCUT2D eigenvalue weighted by Gasteiger charge is -2.29. The van der Waals surface area contributed by atoms with Crippen LogP contribution in [0.3, 0.4) is 0 Å². The molecule has 0 radical (unpaired) electrons. The Hall–Kier alpha value is -1.85. The molecule has 1 aliphatic heterocycles. The number of amides is 3. The van der Waals surface area contributed by atoms with Crippen molar-refractivity contribution in [3.8, 4) is 0 Å². The van der Waals surface area contributed by atoms with E-state index < -0.39 is 42.0 Å². The first kappa shape index (κ1) is 28.2. The quantitative estimate of drug-likeness (QED) is 0.218. The van der Waals surface area contributed by atoms with Crippen LogP contribution < -0.4 is 22.1 Å². The number of carboxylic acids is 1. The molecule has 4 atom stereocenters. The molecule has 0 saturated carbocycles. The summed E-state index contributed by atoms with van der Waals surface area (Å²) in [5.41, 5.74) is 11.5. The Bertz CT molecular complexity index is 648. The van der Waals surface area contributed by atoms with Crippen LogP contribution in [0.1, 0.15) is 52.4 Å². The first-order valence-corrected chi connectivity index (χ1v) is 12.6. The van der Waals surface area contributed by atoms with Gasteiger partial charge in [-0.3, -0.25) is 14.4 Å². The zero-order valence-corrected chi connectivity index (χ0v) is 20.2. The normalized spacial score (nSPS) is 18.8. The van der Waals surface area contributed by atoms with E-state index in [1.807, 2.05) is 20.1 Å². The van der Waals surface area contributed by atoms with E-state index in [4.69, 9.17) is 11.5 Å². The van der Waals surface area contributed by atoms with Gasteiger partial charge in [-0.15, -0.1) is 0 Å². The number of hydrogen-bond acceptors (Lipinski definition) is 7. The fourth-order valence-electron chi connectivity index (χ4n) is 3.57. The number of thioether (sulfide) groups is 1. The zero-order valence-electron chi connectivity index (χ0n) is 19.3. The van der Waals surface area contributed by atoms with Crippen LogP contribution in [0.25, 0.3) is 0 Å². The maximum absolute atomic E-state index is 13.0. The number of nitrogens with two attached hydrogens (primary N) is 2. The van der Waals surface area contributed by atoms with Gasteiger partial charge in [0, 0.05) is 6.54 Å². The van der Waals surface area contributed by atoms with Crippen molar-refractivity contribution in [1.29, 1.82) is 0 Å². The van der Waals surface area contributed by atoms with Crippen molar-refractivity contribution in [2.45, 2.75) is 76.5 Å². The van der Waals surface area contributed by atoms with Crippen molar-refractivity contribution in [3.63, 3.8) is 0 Å². The lowest BCUT2D eigenvalue weighted by Crippen LogP contribution is -2.57. The SMILES string of the molecule is CSCCC(NC(=O)C(CCCCN)NC(=O)C1CCCN1C(=O)C(N)C(C)C)C(=O)O. The molecule has 11 heteroatoms. The van der Waals surface area contributed by atoms with Crippen LogP contribution in [0.15, 0.2) is 0 Å². The highest BCUT2D eigenvalue weighted by Crippen LogP contribution is 2.20. The van der Waals surface area contributed by atoms with Crippen LogP contribution in [0.4, 0.5) is 0 Å². The van der Waals surface area contributed by atoms with E-state index in [1.165, 1.54) is 16.7 Å². The standard InChI is InChI=1S/C21H39N5O5S/c1-13(2)17(23)20(29)26-11-6-8-16(26)19(28)24-14(7-4-5-10-22)18(27)25-15(21(30)31)9-12-32-3/h13-17H,4-12,22-23H2,1-3H3,(H,24,28)(H,25,27)(H,30,31). The summed E-state index contributed by atoms with van der Waals surface area (Å²) in [6.45, 7) is 4.59. The number of carboxylic acid groups (broad SMARTS) is 1. The van der Waals surface area contributed by atoms with Crippen molar-refractivity contribution in [2.75, 3.05) is 25.1 Å². The Morgan fingerprint density at radius 3 is 2.38 bits per heavy atom. The second-order valence-corrected chi connectivity index (χ2v) is 9.47. The maximum atomic E-state index is 13.0. The van der Waals surface area contributed by atoms with Crippen LogP contribution in [-0.4, -0.2) is 83.0 Å². The van der Waals surface area contributed by atoms with Gasteiger partial charge < -0.3 is 32.1 Å². The Morgan fingerprint density at radius 1 is 1.12 bits per heavy atom. The van der Waals surface area contributed by atoms with E-state index in [0.717, 1.165) is 0 Å².